The third-order valence-electron chi connectivity index (χ3n) is 2.67. The van der Waals surface area contributed by atoms with Gasteiger partial charge in [0.1, 0.15) is 11.5 Å². The molecule has 1 heterocycles. The Morgan fingerprint density at radius 2 is 2.00 bits per heavy atom. The van der Waals surface area contributed by atoms with E-state index in [1.807, 2.05) is 0 Å². The largest absolute Gasteiger partial charge is 0.505 e. The van der Waals surface area contributed by atoms with Gasteiger partial charge in [0.05, 0.1) is 4.92 Å². The normalized spacial score (nSPS) is 20.9. The van der Waals surface area contributed by atoms with Crippen molar-refractivity contribution >= 4 is 11.6 Å². The van der Waals surface area contributed by atoms with Crippen molar-refractivity contribution in [1.29, 1.82) is 0 Å². The summed E-state index contributed by atoms with van der Waals surface area (Å²) in [6.07, 6.45) is 4.51. The van der Waals surface area contributed by atoms with Crippen LogP contribution in [0.1, 0.15) is 0 Å². The fourth-order valence-electron chi connectivity index (χ4n) is 1.66. The lowest BCUT2D eigenvalue weighted by molar-refractivity contribution is -0.418. The number of ketones is 2. The minimum absolute atomic E-state index is 0.00322. The molecule has 0 saturated heterocycles. The Labute approximate surface area is 116 Å². The zero-order chi connectivity index (χ0) is 15.7. The molecule has 9 heteroatoms. The van der Waals surface area contributed by atoms with Crippen LogP contribution in [0.25, 0.3) is 0 Å². The molecule has 0 aromatic heterocycles. The van der Waals surface area contributed by atoms with Gasteiger partial charge in [0.2, 0.25) is 11.7 Å². The predicted octanol–water partition coefficient (Wildman–Crippen LogP) is 1.07. The Balaban J connectivity index is 2.52. The van der Waals surface area contributed by atoms with E-state index < -0.39 is 39.6 Å². The predicted molar refractivity (Wildman–Crippen MR) is 64.8 cm³/mol. The smallest absolute Gasteiger partial charge is 0.321 e. The second-order valence-corrected chi connectivity index (χ2v) is 3.97. The molecule has 2 N–H and O–H groups in total. The van der Waals surface area contributed by atoms with Gasteiger partial charge in [-0.25, -0.2) is 0 Å². The zero-order valence-electron chi connectivity index (χ0n) is 10.2. The number of allylic oxidation sites excluding steroid dienone is 6. The van der Waals surface area contributed by atoms with Gasteiger partial charge in [-0.05, 0) is 12.2 Å². The Hall–Kier alpha value is -3.07. The van der Waals surface area contributed by atoms with E-state index in [2.05, 4.69) is 0 Å². The highest BCUT2D eigenvalue weighted by atomic mass is 19.1. The molecule has 21 heavy (non-hydrogen) atoms. The van der Waals surface area contributed by atoms with Crippen molar-refractivity contribution < 1.29 is 29.2 Å². The number of Topliss-reactive ketones (excluding diaryl/α,β-unsaturated/α-hetero) is 1. The van der Waals surface area contributed by atoms with E-state index in [9.17, 15) is 34.4 Å². The van der Waals surface area contributed by atoms with Crippen molar-refractivity contribution in [2.75, 3.05) is 0 Å². The molecule has 108 valence electrons. The number of halogens is 1. The van der Waals surface area contributed by atoms with Gasteiger partial charge in [-0.1, -0.05) is 6.08 Å². The topological polar surface area (TPSA) is 121 Å². The standard InChI is InChI=1S/C12H7FN2O6/c13-10-3-1-2-7(14(10)19)11(17)6-4-8(15(20)21)12(18)9(16)5-6/h1-5,17,19H/b11-7-. The maximum atomic E-state index is 13.2. The molecule has 0 aromatic rings. The number of aliphatic hydroxyl groups is 1. The third kappa shape index (κ3) is 2.49. The molecule has 2 rings (SSSR count). The van der Waals surface area contributed by atoms with Crippen molar-refractivity contribution in [2.45, 2.75) is 0 Å². The second kappa shape index (κ2) is 5.13. The first-order valence-electron chi connectivity index (χ1n) is 5.46. The first-order chi connectivity index (χ1) is 9.82. The molecule has 1 aliphatic carbocycles. The lowest BCUT2D eigenvalue weighted by Crippen LogP contribution is -2.24. The SMILES string of the molecule is O=C1C=C(/C(O)=C2\C=CC=C(F)N2O)C=C([N+](=O)[O-])C1=O. The van der Waals surface area contributed by atoms with Crippen molar-refractivity contribution in [1.82, 2.24) is 5.06 Å². The first kappa shape index (κ1) is 14.3. The quantitative estimate of drug-likeness (QED) is 0.195. The summed E-state index contributed by atoms with van der Waals surface area (Å²) in [5, 5.41) is 30.0. The fourth-order valence-corrected chi connectivity index (χ4v) is 1.66. The Morgan fingerprint density at radius 1 is 1.33 bits per heavy atom. The number of rotatable bonds is 2. The van der Waals surface area contributed by atoms with Gasteiger partial charge >= 0.3 is 11.5 Å². The van der Waals surface area contributed by atoms with E-state index in [1.54, 1.807) is 0 Å². The summed E-state index contributed by atoms with van der Waals surface area (Å²) >= 11 is 0. The van der Waals surface area contributed by atoms with Gasteiger partial charge in [0, 0.05) is 17.7 Å². The molecule has 1 aliphatic heterocycles. The molecule has 0 saturated carbocycles. The molecule has 0 radical (unpaired) electrons. The van der Waals surface area contributed by atoms with Gasteiger partial charge in [-0.15, -0.1) is 0 Å². The minimum Gasteiger partial charge on any atom is -0.505 e. The van der Waals surface area contributed by atoms with E-state index in [-0.39, 0.29) is 10.6 Å². The van der Waals surface area contributed by atoms with Crippen molar-refractivity contribution in [2.24, 2.45) is 0 Å². The van der Waals surface area contributed by atoms with E-state index in [0.29, 0.717) is 12.2 Å². The van der Waals surface area contributed by atoms with E-state index in [0.717, 1.165) is 12.2 Å². The van der Waals surface area contributed by atoms with Crippen LogP contribution in [0.5, 0.6) is 0 Å². The molecule has 0 aromatic carbocycles. The number of carbonyl (C=O) groups excluding carboxylic acids is 2. The molecule has 0 unspecified atom stereocenters. The van der Waals surface area contributed by atoms with E-state index in [1.165, 1.54) is 6.08 Å². The number of nitrogens with zero attached hydrogens (tertiary/aromatic N) is 2. The molecule has 8 nitrogen and oxygen atoms in total. The lowest BCUT2D eigenvalue weighted by Gasteiger charge is -2.20. The van der Waals surface area contributed by atoms with Crippen LogP contribution in [0.4, 0.5) is 4.39 Å². The van der Waals surface area contributed by atoms with Crippen LogP contribution >= 0.6 is 0 Å². The summed E-state index contributed by atoms with van der Waals surface area (Å²) in [5.74, 6) is -4.42. The summed E-state index contributed by atoms with van der Waals surface area (Å²) in [5.41, 5.74) is -1.85. The van der Waals surface area contributed by atoms with Crippen molar-refractivity contribution in [3.63, 3.8) is 0 Å². The summed E-state index contributed by atoms with van der Waals surface area (Å²) in [6.45, 7) is 0. The highest BCUT2D eigenvalue weighted by Crippen LogP contribution is 2.26. The van der Waals surface area contributed by atoms with Gasteiger partial charge < -0.3 is 5.11 Å². The number of hydroxylamine groups is 2. The Kier molecular flexibility index (Phi) is 3.51. The van der Waals surface area contributed by atoms with Crippen LogP contribution in [0.3, 0.4) is 0 Å². The van der Waals surface area contributed by atoms with Crippen LogP contribution in [0.15, 0.2) is 59.1 Å². The number of hydrogen-bond donors (Lipinski definition) is 2. The fraction of sp³-hybridized carbons (Fsp3) is 0. The molecule has 0 atom stereocenters. The molecule has 2 aliphatic rings. The third-order valence-corrected chi connectivity index (χ3v) is 2.67. The van der Waals surface area contributed by atoms with Gasteiger partial charge in [-0.2, -0.15) is 9.45 Å². The van der Waals surface area contributed by atoms with Crippen LogP contribution in [-0.4, -0.2) is 31.9 Å². The zero-order valence-corrected chi connectivity index (χ0v) is 10.2. The molecular weight excluding hydrogens is 287 g/mol. The Morgan fingerprint density at radius 3 is 2.62 bits per heavy atom. The summed E-state index contributed by atoms with van der Waals surface area (Å²) < 4.78 is 13.2. The summed E-state index contributed by atoms with van der Waals surface area (Å²) in [4.78, 5) is 32.2. The highest BCUT2D eigenvalue weighted by Gasteiger charge is 2.33. The van der Waals surface area contributed by atoms with Crippen LogP contribution in [0.2, 0.25) is 0 Å². The van der Waals surface area contributed by atoms with Crippen LogP contribution in [0, 0.1) is 10.1 Å². The van der Waals surface area contributed by atoms with Crippen LogP contribution < -0.4 is 0 Å². The van der Waals surface area contributed by atoms with Crippen LogP contribution in [-0.2, 0) is 9.59 Å². The van der Waals surface area contributed by atoms with E-state index >= 15 is 0 Å². The summed E-state index contributed by atoms with van der Waals surface area (Å²) in [7, 11) is 0. The highest BCUT2D eigenvalue weighted by molar-refractivity contribution is 6.47. The number of aliphatic hydroxyl groups excluding tert-OH is 1. The number of nitro groups is 1. The maximum absolute atomic E-state index is 13.2. The molecule has 0 bridgehead atoms. The molecular formula is C12H7FN2O6. The molecule has 0 spiro atoms. The van der Waals surface area contributed by atoms with Gasteiger partial charge in [-0.3, -0.25) is 24.9 Å². The van der Waals surface area contributed by atoms with Crippen molar-refractivity contribution in [3.8, 4) is 0 Å². The Bertz CT molecular complexity index is 713. The average molecular weight is 294 g/mol. The van der Waals surface area contributed by atoms with Gasteiger partial charge in [0.15, 0.2) is 0 Å². The first-order valence-corrected chi connectivity index (χ1v) is 5.46. The second-order valence-electron chi connectivity index (χ2n) is 3.97. The molecule has 0 amide bonds. The average Bonchev–Trinajstić information content (AvgIpc) is 2.43. The number of carbonyl (C=O) groups is 2. The maximum Gasteiger partial charge on any atom is 0.321 e. The van der Waals surface area contributed by atoms with Gasteiger partial charge in [0.25, 0.3) is 0 Å². The minimum atomic E-state index is -1.33. The number of hydrogen-bond acceptors (Lipinski definition) is 7. The summed E-state index contributed by atoms with van der Waals surface area (Å²) in [6, 6.07) is 0. The van der Waals surface area contributed by atoms with Crippen molar-refractivity contribution in [3.05, 3.63) is 69.2 Å². The molecule has 0 fully saturated rings. The lowest BCUT2D eigenvalue weighted by atomic mass is 9.99. The van der Waals surface area contributed by atoms with E-state index in [4.69, 9.17) is 0 Å². The monoisotopic (exact) mass is 294 g/mol.